The number of anilines is 2. The Labute approximate surface area is 148 Å². The maximum atomic E-state index is 12.4. The molecule has 3 rings (SSSR count). The van der Waals surface area contributed by atoms with Gasteiger partial charge in [0.05, 0.1) is 27.0 Å². The first-order valence-electron chi connectivity index (χ1n) is 7.32. The minimum atomic E-state index is -0.304. The molecule has 23 heavy (non-hydrogen) atoms. The number of nitrogens with zero attached hydrogens (tertiary/aromatic N) is 3. The summed E-state index contributed by atoms with van der Waals surface area (Å²) in [5.41, 5.74) is 2.47. The minimum Gasteiger partial charge on any atom is -0.341 e. The zero-order chi connectivity index (χ0) is 16.6. The van der Waals surface area contributed by atoms with Crippen LogP contribution in [0.5, 0.6) is 0 Å². The minimum absolute atomic E-state index is 0.304. The highest BCUT2D eigenvalue weighted by Gasteiger charge is 2.20. The molecule has 1 aliphatic heterocycles. The van der Waals surface area contributed by atoms with Gasteiger partial charge in [0, 0.05) is 13.1 Å². The summed E-state index contributed by atoms with van der Waals surface area (Å²) < 4.78 is 0.853. The van der Waals surface area contributed by atoms with Crippen molar-refractivity contribution in [1.29, 1.82) is 0 Å². The molecule has 1 amide bonds. The van der Waals surface area contributed by atoms with E-state index < -0.39 is 0 Å². The molecule has 8 heteroatoms. The van der Waals surface area contributed by atoms with Crippen LogP contribution in [0.3, 0.4) is 0 Å². The van der Waals surface area contributed by atoms with E-state index in [1.807, 2.05) is 13.8 Å². The van der Waals surface area contributed by atoms with Crippen molar-refractivity contribution >= 4 is 52.1 Å². The van der Waals surface area contributed by atoms with Gasteiger partial charge >= 0.3 is 0 Å². The maximum absolute atomic E-state index is 12.4. The average molecular weight is 371 g/mol. The van der Waals surface area contributed by atoms with Crippen LogP contribution in [0, 0.1) is 13.8 Å². The van der Waals surface area contributed by atoms with Crippen molar-refractivity contribution in [3.63, 3.8) is 0 Å². The highest BCUT2D eigenvalue weighted by molar-refractivity contribution is 7.20. The number of halogens is 2. The number of aromatic nitrogens is 2. The Morgan fingerprint density at radius 2 is 1.83 bits per heavy atom. The second kappa shape index (κ2) is 6.63. The topological polar surface area (TPSA) is 58.1 Å². The molecule has 2 aromatic heterocycles. The van der Waals surface area contributed by atoms with E-state index in [2.05, 4.69) is 20.2 Å². The predicted molar refractivity (Wildman–Crippen MR) is 95.2 cm³/mol. The summed E-state index contributed by atoms with van der Waals surface area (Å²) >= 11 is 13.1. The van der Waals surface area contributed by atoms with Crippen molar-refractivity contribution in [2.24, 2.45) is 0 Å². The van der Waals surface area contributed by atoms with Gasteiger partial charge in [0.1, 0.15) is 4.34 Å². The number of hydrogen-bond acceptors (Lipinski definition) is 5. The van der Waals surface area contributed by atoms with Crippen molar-refractivity contribution in [3.05, 3.63) is 31.7 Å². The molecule has 0 aliphatic carbocycles. The van der Waals surface area contributed by atoms with Crippen molar-refractivity contribution in [3.8, 4) is 0 Å². The summed E-state index contributed by atoms with van der Waals surface area (Å²) in [6, 6.07) is 1.56. The predicted octanol–water partition coefficient (Wildman–Crippen LogP) is 4.31. The van der Waals surface area contributed by atoms with Gasteiger partial charge in [-0.2, -0.15) is 0 Å². The van der Waals surface area contributed by atoms with Crippen molar-refractivity contribution in [2.75, 3.05) is 23.3 Å². The lowest BCUT2D eigenvalue weighted by Crippen LogP contribution is -2.22. The van der Waals surface area contributed by atoms with E-state index in [1.165, 1.54) is 11.3 Å². The zero-order valence-corrected chi connectivity index (χ0v) is 15.1. The number of carbonyl (C=O) groups excluding carboxylic acids is 1. The molecule has 0 spiro atoms. The molecule has 1 saturated heterocycles. The number of thiophene rings is 1. The fourth-order valence-electron chi connectivity index (χ4n) is 2.61. The van der Waals surface area contributed by atoms with Crippen LogP contribution >= 0.6 is 34.5 Å². The molecule has 0 bridgehead atoms. The van der Waals surface area contributed by atoms with E-state index in [0.717, 1.165) is 43.3 Å². The molecule has 0 aromatic carbocycles. The first-order chi connectivity index (χ1) is 11.0. The summed E-state index contributed by atoms with van der Waals surface area (Å²) in [4.78, 5) is 23.6. The number of rotatable bonds is 3. The summed E-state index contributed by atoms with van der Waals surface area (Å²) in [6.45, 7) is 5.69. The van der Waals surface area contributed by atoms with Gasteiger partial charge in [0.2, 0.25) is 5.95 Å². The fourth-order valence-corrected chi connectivity index (χ4v) is 4.07. The lowest BCUT2D eigenvalue weighted by Gasteiger charge is -2.18. The van der Waals surface area contributed by atoms with E-state index >= 15 is 0 Å². The first-order valence-corrected chi connectivity index (χ1v) is 8.89. The van der Waals surface area contributed by atoms with E-state index in [-0.39, 0.29) is 5.91 Å². The van der Waals surface area contributed by atoms with Crippen LogP contribution in [0.25, 0.3) is 0 Å². The van der Waals surface area contributed by atoms with Gasteiger partial charge < -0.3 is 10.2 Å². The molecule has 0 saturated carbocycles. The van der Waals surface area contributed by atoms with Gasteiger partial charge in [-0.15, -0.1) is 11.3 Å². The van der Waals surface area contributed by atoms with Crippen LogP contribution in [0.2, 0.25) is 8.67 Å². The van der Waals surface area contributed by atoms with E-state index in [4.69, 9.17) is 23.2 Å². The number of hydrogen-bond donors (Lipinski definition) is 1. The first kappa shape index (κ1) is 16.5. The maximum Gasteiger partial charge on any atom is 0.258 e. The van der Waals surface area contributed by atoms with Gasteiger partial charge in [-0.3, -0.25) is 4.79 Å². The van der Waals surface area contributed by atoms with E-state index in [0.29, 0.717) is 19.9 Å². The summed E-state index contributed by atoms with van der Waals surface area (Å²) in [5.74, 6) is 0.425. The number of aryl methyl sites for hydroxylation is 2. The molecule has 0 radical (unpaired) electrons. The molecule has 122 valence electrons. The van der Waals surface area contributed by atoms with Crippen molar-refractivity contribution < 1.29 is 4.79 Å². The Bertz CT molecular complexity index is 733. The second-order valence-corrected chi connectivity index (χ2v) is 7.74. The number of nitrogens with one attached hydrogen (secondary N) is 1. The molecule has 1 N–H and O–H groups in total. The Morgan fingerprint density at radius 3 is 2.35 bits per heavy atom. The van der Waals surface area contributed by atoms with E-state index in [1.54, 1.807) is 6.07 Å². The van der Waals surface area contributed by atoms with Gasteiger partial charge in [-0.25, -0.2) is 9.97 Å². The van der Waals surface area contributed by atoms with Gasteiger partial charge in [-0.1, -0.05) is 23.2 Å². The summed E-state index contributed by atoms with van der Waals surface area (Å²) in [7, 11) is 0. The normalized spacial score (nSPS) is 14.3. The summed E-state index contributed by atoms with van der Waals surface area (Å²) in [6.07, 6.45) is 2.33. The zero-order valence-electron chi connectivity index (χ0n) is 12.8. The molecule has 3 heterocycles. The van der Waals surface area contributed by atoms with Crippen molar-refractivity contribution in [2.45, 2.75) is 26.7 Å². The third-order valence-electron chi connectivity index (χ3n) is 3.79. The third kappa shape index (κ3) is 3.44. The van der Waals surface area contributed by atoms with Gasteiger partial charge in [-0.05, 0) is 32.8 Å². The van der Waals surface area contributed by atoms with Crippen LogP contribution in [-0.2, 0) is 0 Å². The van der Waals surface area contributed by atoms with Crippen LogP contribution in [-0.4, -0.2) is 29.0 Å². The molecule has 1 fully saturated rings. The highest BCUT2D eigenvalue weighted by atomic mass is 35.5. The van der Waals surface area contributed by atoms with E-state index in [9.17, 15) is 4.79 Å². The van der Waals surface area contributed by atoms with Gasteiger partial charge in [0.15, 0.2) is 0 Å². The molecule has 0 unspecified atom stereocenters. The molecular weight excluding hydrogens is 355 g/mol. The Balaban J connectivity index is 1.85. The van der Waals surface area contributed by atoms with Crippen molar-refractivity contribution in [1.82, 2.24) is 9.97 Å². The third-order valence-corrected chi connectivity index (χ3v) is 5.28. The lowest BCUT2D eigenvalue weighted by atomic mass is 10.2. The lowest BCUT2D eigenvalue weighted by molar-refractivity contribution is 0.102. The Morgan fingerprint density at radius 1 is 1.22 bits per heavy atom. The van der Waals surface area contributed by atoms with Gasteiger partial charge in [0.25, 0.3) is 5.91 Å². The Kier molecular flexibility index (Phi) is 4.75. The monoisotopic (exact) mass is 370 g/mol. The largest absolute Gasteiger partial charge is 0.341 e. The molecule has 2 aromatic rings. The highest BCUT2D eigenvalue weighted by Crippen LogP contribution is 2.32. The SMILES string of the molecule is Cc1nc(N2CCCC2)nc(C)c1NC(=O)c1cc(Cl)sc1Cl. The fraction of sp³-hybridized carbons (Fsp3) is 0.400. The Hall–Kier alpha value is -1.37. The summed E-state index contributed by atoms with van der Waals surface area (Å²) in [5, 5.41) is 2.85. The van der Waals surface area contributed by atoms with Crippen LogP contribution < -0.4 is 10.2 Å². The quantitative estimate of drug-likeness (QED) is 0.873. The van der Waals surface area contributed by atoms with Crippen LogP contribution in [0.1, 0.15) is 34.6 Å². The number of carbonyl (C=O) groups is 1. The van der Waals surface area contributed by atoms with Crippen LogP contribution in [0.15, 0.2) is 6.07 Å². The van der Waals surface area contributed by atoms with Crippen LogP contribution in [0.4, 0.5) is 11.6 Å². The molecular formula is C15H16Cl2N4OS. The number of amides is 1. The molecule has 1 aliphatic rings. The smallest absolute Gasteiger partial charge is 0.258 e. The standard InChI is InChI=1S/C15H16Cl2N4OS/c1-8-12(20-14(22)10-7-11(16)23-13(10)17)9(2)19-15(18-8)21-5-3-4-6-21/h7H,3-6H2,1-2H3,(H,20,22). The molecule has 5 nitrogen and oxygen atoms in total. The average Bonchev–Trinajstić information content (AvgIpc) is 3.12. The molecule has 0 atom stereocenters. The second-order valence-electron chi connectivity index (χ2n) is 5.46.